The predicted molar refractivity (Wildman–Crippen MR) is 68.3 cm³/mol. The van der Waals surface area contributed by atoms with Gasteiger partial charge in [-0.3, -0.25) is 0 Å². The molecule has 84 valence electrons. The van der Waals surface area contributed by atoms with Crippen molar-refractivity contribution in [2.75, 3.05) is 12.3 Å². The van der Waals surface area contributed by atoms with E-state index in [1.165, 1.54) is 0 Å². The average Bonchev–Trinajstić information content (AvgIpc) is 2.20. The summed E-state index contributed by atoms with van der Waals surface area (Å²) in [5, 5.41) is 9.97. The van der Waals surface area contributed by atoms with Gasteiger partial charge in [0.15, 0.2) is 0 Å². The Balaban J connectivity index is 2.53. The van der Waals surface area contributed by atoms with Gasteiger partial charge in [0.05, 0.1) is 0 Å². The Kier molecular flexibility index (Phi) is 5.29. The molecule has 0 aromatic heterocycles. The van der Waals surface area contributed by atoms with Crippen LogP contribution in [-0.2, 0) is 5.75 Å². The lowest BCUT2D eigenvalue weighted by Crippen LogP contribution is -2.00. The van der Waals surface area contributed by atoms with Gasteiger partial charge in [-0.1, -0.05) is 18.5 Å². The number of hydrogen-bond acceptors (Lipinski definition) is 3. The van der Waals surface area contributed by atoms with Crippen molar-refractivity contribution in [3.8, 4) is 0 Å². The molecule has 0 amide bonds. The first-order valence-corrected chi connectivity index (χ1v) is 6.32. The van der Waals surface area contributed by atoms with E-state index < -0.39 is 0 Å². The van der Waals surface area contributed by atoms with Crippen LogP contribution in [-0.4, -0.2) is 17.0 Å². The van der Waals surface area contributed by atoms with Gasteiger partial charge in [-0.25, -0.2) is 0 Å². The molecule has 1 rings (SSSR count). The second-order valence-corrected chi connectivity index (χ2v) is 5.32. The van der Waals surface area contributed by atoms with Crippen molar-refractivity contribution in [2.24, 2.45) is 0 Å². The number of hydrogen-bond donors (Lipinski definition) is 2. The molecule has 0 heterocycles. The van der Waals surface area contributed by atoms with Gasteiger partial charge in [0.2, 0.25) is 0 Å². The van der Waals surface area contributed by atoms with Crippen molar-refractivity contribution < 1.29 is 5.11 Å². The summed E-state index contributed by atoms with van der Waals surface area (Å²) in [7, 11) is 0. The molecule has 0 aliphatic heterocycles. The summed E-state index contributed by atoms with van der Waals surface area (Å²) >= 11 is 7.82. The van der Waals surface area contributed by atoms with Crippen LogP contribution in [0.5, 0.6) is 0 Å². The first-order valence-electron chi connectivity index (χ1n) is 4.90. The molecule has 1 aromatic carbocycles. The van der Waals surface area contributed by atoms with Gasteiger partial charge in [-0.2, -0.15) is 11.8 Å². The number of aliphatic hydroxyl groups is 1. The fraction of sp³-hybridized carbons (Fsp3) is 0.455. The average molecular weight is 246 g/mol. The lowest BCUT2D eigenvalue weighted by Gasteiger charge is -2.10. The lowest BCUT2D eigenvalue weighted by atomic mass is 10.2. The molecule has 0 aliphatic carbocycles. The van der Waals surface area contributed by atoms with Crippen molar-refractivity contribution in [2.45, 2.75) is 24.3 Å². The van der Waals surface area contributed by atoms with E-state index in [2.05, 4.69) is 6.92 Å². The standard InChI is InChI=1S/C11H16ClNOS/c1-8(4-5-14)15-7-9-6-10(13)2-3-11(9)12/h2-3,6,8,14H,4-5,7,13H2,1H3. The zero-order chi connectivity index (χ0) is 11.3. The number of benzene rings is 1. The maximum Gasteiger partial charge on any atom is 0.0447 e. The van der Waals surface area contributed by atoms with Crippen molar-refractivity contribution in [3.05, 3.63) is 28.8 Å². The number of halogens is 1. The Labute approximate surface area is 99.8 Å². The van der Waals surface area contributed by atoms with Gasteiger partial charge in [0.25, 0.3) is 0 Å². The quantitative estimate of drug-likeness (QED) is 0.785. The molecule has 4 heteroatoms. The van der Waals surface area contributed by atoms with Crippen molar-refractivity contribution in [1.29, 1.82) is 0 Å². The first kappa shape index (κ1) is 12.7. The number of anilines is 1. The summed E-state index contributed by atoms with van der Waals surface area (Å²) in [6, 6.07) is 5.53. The van der Waals surface area contributed by atoms with Crippen molar-refractivity contribution in [3.63, 3.8) is 0 Å². The lowest BCUT2D eigenvalue weighted by molar-refractivity contribution is 0.289. The zero-order valence-corrected chi connectivity index (χ0v) is 10.3. The summed E-state index contributed by atoms with van der Waals surface area (Å²) in [6.45, 7) is 2.33. The Bertz CT molecular complexity index is 319. The highest BCUT2D eigenvalue weighted by atomic mass is 35.5. The van der Waals surface area contributed by atoms with E-state index in [1.54, 1.807) is 17.8 Å². The fourth-order valence-corrected chi connectivity index (χ4v) is 2.44. The third-order valence-corrected chi connectivity index (χ3v) is 3.78. The second kappa shape index (κ2) is 6.26. The summed E-state index contributed by atoms with van der Waals surface area (Å²) < 4.78 is 0. The van der Waals surface area contributed by atoms with E-state index in [-0.39, 0.29) is 6.61 Å². The molecule has 1 aromatic rings. The number of nitrogens with two attached hydrogens (primary N) is 1. The topological polar surface area (TPSA) is 46.2 Å². The minimum atomic E-state index is 0.235. The molecule has 15 heavy (non-hydrogen) atoms. The third-order valence-electron chi connectivity index (χ3n) is 2.13. The van der Waals surface area contributed by atoms with Crippen LogP contribution >= 0.6 is 23.4 Å². The first-order chi connectivity index (χ1) is 7.13. The van der Waals surface area contributed by atoms with E-state index in [0.29, 0.717) is 5.25 Å². The van der Waals surface area contributed by atoms with E-state index in [1.807, 2.05) is 12.1 Å². The molecular weight excluding hydrogens is 230 g/mol. The second-order valence-electron chi connectivity index (χ2n) is 3.48. The van der Waals surface area contributed by atoms with Gasteiger partial charge in [-0.05, 0) is 30.2 Å². The van der Waals surface area contributed by atoms with Crippen LogP contribution < -0.4 is 5.73 Å². The molecule has 0 saturated carbocycles. The number of thioether (sulfide) groups is 1. The van der Waals surface area contributed by atoms with Gasteiger partial charge in [0.1, 0.15) is 0 Å². The maximum absolute atomic E-state index is 8.77. The van der Waals surface area contributed by atoms with Crippen molar-refractivity contribution >= 4 is 29.1 Å². The maximum atomic E-state index is 8.77. The van der Waals surface area contributed by atoms with E-state index in [9.17, 15) is 0 Å². The number of nitrogen functional groups attached to an aromatic ring is 1. The van der Waals surface area contributed by atoms with Gasteiger partial charge in [-0.15, -0.1) is 0 Å². The minimum Gasteiger partial charge on any atom is -0.399 e. The molecule has 0 radical (unpaired) electrons. The summed E-state index contributed by atoms with van der Waals surface area (Å²) in [5.41, 5.74) is 7.49. The normalized spacial score (nSPS) is 12.7. The van der Waals surface area contributed by atoms with Crippen LogP contribution in [0.25, 0.3) is 0 Å². The van der Waals surface area contributed by atoms with Gasteiger partial charge >= 0.3 is 0 Å². The van der Waals surface area contributed by atoms with Crippen LogP contribution in [0.2, 0.25) is 5.02 Å². The molecule has 0 aliphatic rings. The SMILES string of the molecule is CC(CCO)SCc1cc(N)ccc1Cl. The zero-order valence-electron chi connectivity index (χ0n) is 8.74. The highest BCUT2D eigenvalue weighted by molar-refractivity contribution is 7.99. The van der Waals surface area contributed by atoms with Crippen LogP contribution in [0.15, 0.2) is 18.2 Å². The number of aliphatic hydroxyl groups excluding tert-OH is 1. The van der Waals surface area contributed by atoms with E-state index in [0.717, 1.165) is 28.4 Å². The van der Waals surface area contributed by atoms with Crippen molar-refractivity contribution in [1.82, 2.24) is 0 Å². The monoisotopic (exact) mass is 245 g/mol. The van der Waals surface area contributed by atoms with Gasteiger partial charge < -0.3 is 10.8 Å². The van der Waals surface area contributed by atoms with Gasteiger partial charge in [0, 0.05) is 28.3 Å². The molecule has 0 saturated heterocycles. The number of rotatable bonds is 5. The summed E-state index contributed by atoms with van der Waals surface area (Å²) in [6.07, 6.45) is 0.810. The Morgan fingerprint density at radius 3 is 2.93 bits per heavy atom. The largest absolute Gasteiger partial charge is 0.399 e. The molecule has 2 nitrogen and oxygen atoms in total. The molecule has 0 spiro atoms. The fourth-order valence-electron chi connectivity index (χ4n) is 1.20. The summed E-state index contributed by atoms with van der Waals surface area (Å²) in [5.74, 6) is 0.838. The van der Waals surface area contributed by atoms with Crippen LogP contribution in [0.3, 0.4) is 0 Å². The van der Waals surface area contributed by atoms with Crippen LogP contribution in [0.4, 0.5) is 5.69 Å². The molecular formula is C11H16ClNOS. The summed E-state index contributed by atoms with van der Waals surface area (Å²) in [4.78, 5) is 0. The Morgan fingerprint density at radius 2 is 2.27 bits per heavy atom. The third kappa shape index (κ3) is 4.33. The minimum absolute atomic E-state index is 0.235. The Morgan fingerprint density at radius 1 is 1.53 bits per heavy atom. The van der Waals surface area contributed by atoms with Crippen LogP contribution in [0.1, 0.15) is 18.9 Å². The molecule has 1 unspecified atom stereocenters. The molecule has 0 bridgehead atoms. The molecule has 3 N–H and O–H groups in total. The predicted octanol–water partition coefficient (Wildman–Crippen LogP) is 2.93. The highest BCUT2D eigenvalue weighted by Crippen LogP contribution is 2.26. The van der Waals surface area contributed by atoms with E-state index in [4.69, 9.17) is 22.4 Å². The Hall–Kier alpha value is -0.380. The molecule has 0 fully saturated rings. The van der Waals surface area contributed by atoms with E-state index >= 15 is 0 Å². The smallest absolute Gasteiger partial charge is 0.0447 e. The van der Waals surface area contributed by atoms with Crippen LogP contribution in [0, 0.1) is 0 Å². The highest BCUT2D eigenvalue weighted by Gasteiger charge is 2.05. The molecule has 1 atom stereocenters.